The monoisotopic (exact) mass is 407 g/mol. The Morgan fingerprint density at radius 3 is 2.72 bits per heavy atom. The predicted molar refractivity (Wildman–Crippen MR) is 113 cm³/mol. The van der Waals surface area contributed by atoms with Crippen molar-refractivity contribution in [2.24, 2.45) is 7.05 Å². The highest BCUT2D eigenvalue weighted by atomic mass is 32.1. The second-order valence-corrected chi connectivity index (χ2v) is 8.09. The van der Waals surface area contributed by atoms with Gasteiger partial charge in [-0.25, -0.2) is 0 Å². The minimum atomic E-state index is -0.295. The van der Waals surface area contributed by atoms with Crippen LogP contribution < -0.4 is 14.8 Å². The third-order valence-electron chi connectivity index (χ3n) is 5.27. The van der Waals surface area contributed by atoms with Gasteiger partial charge in [-0.15, -0.1) is 11.3 Å². The maximum Gasteiger partial charge on any atom is 0.268 e. The second kappa shape index (κ2) is 7.72. The number of aromatic nitrogens is 1. The van der Waals surface area contributed by atoms with E-state index in [0.717, 1.165) is 35.1 Å². The van der Waals surface area contributed by atoms with E-state index in [0.29, 0.717) is 28.7 Å². The third-order valence-corrected chi connectivity index (χ3v) is 6.45. The Kier molecular flexibility index (Phi) is 5.12. The fraction of sp³-hybridized carbons (Fsp3) is 0.318. The minimum absolute atomic E-state index is 0.0314. The van der Waals surface area contributed by atoms with E-state index >= 15 is 0 Å². The summed E-state index contributed by atoms with van der Waals surface area (Å²) in [7, 11) is 1.61. The number of aryl methyl sites for hydroxylation is 1. The smallest absolute Gasteiger partial charge is 0.268 e. The molecule has 0 radical (unpaired) electrons. The largest absolute Gasteiger partial charge is 0.460 e. The molecule has 0 bridgehead atoms. The molecule has 0 N–H and O–H groups in total. The normalized spacial score (nSPS) is 15.8. The first kappa shape index (κ1) is 19.2. The van der Waals surface area contributed by atoms with Gasteiger partial charge in [-0.3, -0.25) is 9.59 Å². The molecular formula is C22H21N3O3S. The highest BCUT2D eigenvalue weighted by molar-refractivity contribution is 7.07. The van der Waals surface area contributed by atoms with E-state index in [1.54, 1.807) is 11.9 Å². The van der Waals surface area contributed by atoms with Crippen molar-refractivity contribution in [2.45, 2.75) is 26.2 Å². The van der Waals surface area contributed by atoms with Gasteiger partial charge in [-0.05, 0) is 25.0 Å². The van der Waals surface area contributed by atoms with Crippen molar-refractivity contribution in [3.8, 4) is 6.07 Å². The van der Waals surface area contributed by atoms with Crippen molar-refractivity contribution in [1.29, 1.82) is 5.26 Å². The first-order valence-corrected chi connectivity index (χ1v) is 10.5. The molecule has 2 aromatic heterocycles. The Morgan fingerprint density at radius 2 is 2.03 bits per heavy atom. The number of carbonyl (C=O) groups excluding carboxylic acids is 1. The number of rotatable bonds is 3. The molecule has 1 amide bonds. The zero-order chi connectivity index (χ0) is 20.5. The summed E-state index contributed by atoms with van der Waals surface area (Å²) in [5.41, 5.74) is 1.46. The number of fused-ring (bicyclic) bond motifs is 1. The molecule has 148 valence electrons. The van der Waals surface area contributed by atoms with E-state index in [2.05, 4.69) is 0 Å². The van der Waals surface area contributed by atoms with Gasteiger partial charge in [0.2, 0.25) is 0 Å². The van der Waals surface area contributed by atoms with Gasteiger partial charge in [0.15, 0.2) is 5.57 Å². The maximum atomic E-state index is 12.9. The van der Waals surface area contributed by atoms with E-state index in [1.165, 1.54) is 15.9 Å². The van der Waals surface area contributed by atoms with Crippen molar-refractivity contribution in [3.63, 3.8) is 0 Å². The number of nitrogens with zero attached hydrogens (tertiary/aromatic N) is 3. The number of hydrogen-bond acceptors (Lipinski definition) is 5. The standard InChI is InChI=1S/C22H21N3O3S/c1-3-17-15(14-8-4-5-9-18(14)28-17)12-19-21(27)24(2)22(29-19)16(13-23)20(26)25-10-6-7-11-25/h4-5,8-9,12H,3,6-7,10-11H2,1-2H3/b19-12-,22-16-. The summed E-state index contributed by atoms with van der Waals surface area (Å²) < 4.78 is 8.19. The summed E-state index contributed by atoms with van der Waals surface area (Å²) in [6.07, 6.45) is 4.40. The number of carbonyl (C=O) groups is 1. The van der Waals surface area contributed by atoms with Crippen molar-refractivity contribution >= 4 is 39.9 Å². The van der Waals surface area contributed by atoms with E-state index in [4.69, 9.17) is 4.42 Å². The first-order chi connectivity index (χ1) is 14.0. The molecule has 0 atom stereocenters. The van der Waals surface area contributed by atoms with Crippen LogP contribution >= 0.6 is 11.3 Å². The number of thiazole rings is 1. The van der Waals surface area contributed by atoms with Gasteiger partial charge in [0.1, 0.15) is 22.1 Å². The van der Waals surface area contributed by atoms with Crippen LogP contribution in [0.4, 0.5) is 0 Å². The fourth-order valence-electron chi connectivity index (χ4n) is 3.72. The lowest BCUT2D eigenvalue weighted by atomic mass is 10.1. The third kappa shape index (κ3) is 3.30. The van der Waals surface area contributed by atoms with Crippen LogP contribution in [0, 0.1) is 11.3 Å². The molecule has 6 nitrogen and oxygen atoms in total. The number of para-hydroxylation sites is 1. The van der Waals surface area contributed by atoms with Crippen LogP contribution in [0.2, 0.25) is 0 Å². The van der Waals surface area contributed by atoms with Gasteiger partial charge in [-0.2, -0.15) is 5.26 Å². The molecule has 0 saturated carbocycles. The van der Waals surface area contributed by atoms with Gasteiger partial charge in [0.05, 0.1) is 4.53 Å². The van der Waals surface area contributed by atoms with Crippen LogP contribution in [0.15, 0.2) is 33.5 Å². The van der Waals surface area contributed by atoms with Crippen LogP contribution in [0.5, 0.6) is 0 Å². The topological polar surface area (TPSA) is 79.2 Å². The van der Waals surface area contributed by atoms with E-state index in [-0.39, 0.29) is 17.0 Å². The lowest BCUT2D eigenvalue weighted by molar-refractivity contribution is -0.123. The van der Waals surface area contributed by atoms with Crippen LogP contribution in [-0.2, 0) is 18.3 Å². The number of benzene rings is 1. The molecule has 29 heavy (non-hydrogen) atoms. The zero-order valence-electron chi connectivity index (χ0n) is 16.4. The Balaban J connectivity index is 1.94. The summed E-state index contributed by atoms with van der Waals surface area (Å²) in [6, 6.07) is 9.74. The van der Waals surface area contributed by atoms with Crippen molar-refractivity contribution in [1.82, 2.24) is 9.47 Å². The lowest BCUT2D eigenvalue weighted by Crippen LogP contribution is -2.34. The molecule has 0 spiro atoms. The second-order valence-electron chi connectivity index (χ2n) is 7.05. The van der Waals surface area contributed by atoms with Crippen molar-refractivity contribution < 1.29 is 9.21 Å². The predicted octanol–water partition coefficient (Wildman–Crippen LogP) is 1.88. The fourth-order valence-corrected chi connectivity index (χ4v) is 4.78. The first-order valence-electron chi connectivity index (χ1n) is 9.66. The molecule has 3 aromatic rings. The van der Waals surface area contributed by atoms with E-state index in [1.807, 2.05) is 43.3 Å². The molecule has 3 heterocycles. The van der Waals surface area contributed by atoms with Gasteiger partial charge in [-0.1, -0.05) is 25.1 Å². The molecule has 1 saturated heterocycles. The summed E-state index contributed by atoms with van der Waals surface area (Å²) in [4.78, 5) is 27.3. The van der Waals surface area contributed by atoms with Crippen LogP contribution in [0.25, 0.3) is 22.6 Å². The molecule has 1 aliphatic heterocycles. The number of amides is 1. The molecule has 1 aromatic carbocycles. The number of hydrogen-bond donors (Lipinski definition) is 0. The Bertz CT molecular complexity index is 1310. The van der Waals surface area contributed by atoms with Crippen LogP contribution in [-0.4, -0.2) is 28.5 Å². The lowest BCUT2D eigenvalue weighted by Gasteiger charge is -2.13. The Hall–Kier alpha value is -3.11. The van der Waals surface area contributed by atoms with Gasteiger partial charge in [0, 0.05) is 37.5 Å². The Morgan fingerprint density at radius 1 is 1.31 bits per heavy atom. The molecular weight excluding hydrogens is 386 g/mol. The van der Waals surface area contributed by atoms with Crippen molar-refractivity contribution in [2.75, 3.05) is 13.1 Å². The highest BCUT2D eigenvalue weighted by Gasteiger charge is 2.23. The summed E-state index contributed by atoms with van der Waals surface area (Å²) in [5.74, 6) is 0.511. The highest BCUT2D eigenvalue weighted by Crippen LogP contribution is 2.26. The minimum Gasteiger partial charge on any atom is -0.460 e. The van der Waals surface area contributed by atoms with Crippen LogP contribution in [0.1, 0.15) is 31.1 Å². The molecule has 1 aliphatic rings. The van der Waals surface area contributed by atoms with Gasteiger partial charge in [0.25, 0.3) is 11.5 Å². The maximum absolute atomic E-state index is 12.9. The summed E-state index contributed by atoms with van der Waals surface area (Å²) >= 11 is 1.18. The molecule has 1 fully saturated rings. The number of likely N-dealkylation sites (tertiary alicyclic amines) is 1. The average molecular weight is 407 g/mol. The molecule has 0 aliphatic carbocycles. The molecule has 0 unspecified atom stereocenters. The van der Waals surface area contributed by atoms with Gasteiger partial charge < -0.3 is 13.9 Å². The number of furan rings is 1. The quantitative estimate of drug-likeness (QED) is 0.664. The molecule has 7 heteroatoms. The Labute approximate surface area is 171 Å². The average Bonchev–Trinajstić information content (AvgIpc) is 3.45. The van der Waals surface area contributed by atoms with Gasteiger partial charge >= 0.3 is 0 Å². The van der Waals surface area contributed by atoms with E-state index in [9.17, 15) is 14.9 Å². The van der Waals surface area contributed by atoms with Crippen molar-refractivity contribution in [3.05, 3.63) is 55.1 Å². The van der Waals surface area contributed by atoms with E-state index < -0.39 is 0 Å². The molecule has 4 rings (SSSR count). The zero-order valence-corrected chi connectivity index (χ0v) is 17.2. The summed E-state index contributed by atoms with van der Waals surface area (Å²) in [5, 5.41) is 10.6. The summed E-state index contributed by atoms with van der Waals surface area (Å²) in [6.45, 7) is 3.32. The SMILES string of the molecule is CCc1oc2ccccc2c1/C=c1\s/c(=C(/C#N)C(=O)N2CCCC2)n(C)c1=O. The van der Waals surface area contributed by atoms with Crippen LogP contribution in [0.3, 0.4) is 0 Å². The number of nitriles is 1.